The van der Waals surface area contributed by atoms with Crippen LogP contribution in [0.15, 0.2) is 29.3 Å². The molecule has 0 bridgehead atoms. The maximum absolute atomic E-state index is 13.0. The van der Waals surface area contributed by atoms with E-state index in [1.165, 1.54) is 5.56 Å². The van der Waals surface area contributed by atoms with Crippen LogP contribution in [0.5, 0.6) is 0 Å². The summed E-state index contributed by atoms with van der Waals surface area (Å²) in [7, 11) is 0. The average molecular weight is 314 g/mol. The highest BCUT2D eigenvalue weighted by atomic mass is 32.2. The van der Waals surface area contributed by atoms with E-state index >= 15 is 0 Å². The van der Waals surface area contributed by atoms with E-state index in [0.717, 1.165) is 25.3 Å². The second kappa shape index (κ2) is 4.76. The molecule has 1 aromatic rings. The van der Waals surface area contributed by atoms with Gasteiger partial charge in [0.05, 0.1) is 6.04 Å². The Labute approximate surface area is 124 Å². The molecule has 1 fully saturated rings. The van der Waals surface area contributed by atoms with Crippen molar-refractivity contribution >= 4 is 22.8 Å². The van der Waals surface area contributed by atoms with Gasteiger partial charge in [-0.15, -0.1) is 0 Å². The van der Waals surface area contributed by atoms with Crippen molar-refractivity contribution in [2.24, 2.45) is 4.99 Å². The zero-order chi connectivity index (χ0) is 15.3. The van der Waals surface area contributed by atoms with Crippen LogP contribution < -0.4 is 5.32 Å². The van der Waals surface area contributed by atoms with E-state index in [9.17, 15) is 18.0 Å². The Morgan fingerprint density at radius 1 is 1.38 bits per heavy atom. The number of carbonyl (C=O) groups is 1. The smallest absolute Gasteiger partial charge is 0.304 e. The van der Waals surface area contributed by atoms with Gasteiger partial charge in [-0.3, -0.25) is 9.79 Å². The van der Waals surface area contributed by atoms with Crippen molar-refractivity contribution in [1.82, 2.24) is 5.32 Å². The monoisotopic (exact) mass is 314 g/mol. The zero-order valence-corrected chi connectivity index (χ0v) is 12.0. The van der Waals surface area contributed by atoms with Crippen molar-refractivity contribution in [3.8, 4) is 0 Å². The van der Waals surface area contributed by atoms with Crippen LogP contribution in [-0.4, -0.2) is 22.0 Å². The van der Waals surface area contributed by atoms with Crippen LogP contribution in [0, 0.1) is 0 Å². The second-order valence-corrected chi connectivity index (χ2v) is 6.68. The molecule has 1 saturated heterocycles. The molecule has 1 aromatic carbocycles. The number of fused-ring (bicyclic) bond motifs is 1. The van der Waals surface area contributed by atoms with Crippen molar-refractivity contribution in [1.29, 1.82) is 0 Å². The highest BCUT2D eigenvalue weighted by molar-refractivity contribution is 8.16. The Morgan fingerprint density at radius 2 is 2.10 bits per heavy atom. The van der Waals surface area contributed by atoms with Crippen molar-refractivity contribution in [2.75, 3.05) is 0 Å². The van der Waals surface area contributed by atoms with Crippen molar-refractivity contribution < 1.29 is 18.0 Å². The van der Waals surface area contributed by atoms with Gasteiger partial charge >= 0.3 is 6.18 Å². The van der Waals surface area contributed by atoms with Gasteiger partial charge in [-0.2, -0.15) is 13.2 Å². The number of benzene rings is 1. The number of aliphatic imine (C=N–C) groups is 1. The van der Waals surface area contributed by atoms with E-state index in [0.29, 0.717) is 11.8 Å². The summed E-state index contributed by atoms with van der Waals surface area (Å²) in [5.41, 5.74) is 2.19. The largest absolute Gasteiger partial charge is 0.412 e. The Kier molecular flexibility index (Phi) is 3.27. The lowest BCUT2D eigenvalue weighted by molar-refractivity contribution is -0.166. The lowest BCUT2D eigenvalue weighted by Crippen LogP contribution is -2.46. The van der Waals surface area contributed by atoms with Crippen LogP contribution in [0.25, 0.3) is 0 Å². The Morgan fingerprint density at radius 3 is 2.76 bits per heavy atom. The van der Waals surface area contributed by atoms with Gasteiger partial charge in [0.25, 0.3) is 5.91 Å². The Balaban J connectivity index is 1.86. The molecular formula is C14H13F3N2OS. The number of nitrogens with one attached hydrogen (secondary N) is 1. The summed E-state index contributed by atoms with van der Waals surface area (Å²) in [5.74, 6) is -1.05. The quantitative estimate of drug-likeness (QED) is 0.865. The molecule has 0 radical (unpaired) electrons. The summed E-state index contributed by atoms with van der Waals surface area (Å²) in [6, 6.07) is 7.56. The maximum Gasteiger partial charge on any atom is 0.412 e. The number of carbonyl (C=O) groups excluding carboxylic acids is 1. The van der Waals surface area contributed by atoms with Gasteiger partial charge in [-0.25, -0.2) is 0 Å². The van der Waals surface area contributed by atoms with Crippen LogP contribution in [0.1, 0.15) is 30.5 Å². The fourth-order valence-electron chi connectivity index (χ4n) is 2.54. The first-order valence-corrected chi connectivity index (χ1v) is 7.36. The number of halogens is 3. The van der Waals surface area contributed by atoms with E-state index in [1.54, 1.807) is 0 Å². The van der Waals surface area contributed by atoms with E-state index in [1.807, 2.05) is 24.3 Å². The minimum atomic E-state index is -4.60. The first-order valence-electron chi connectivity index (χ1n) is 6.54. The number of thioether (sulfide) groups is 1. The van der Waals surface area contributed by atoms with Gasteiger partial charge in [-0.1, -0.05) is 36.0 Å². The lowest BCUT2D eigenvalue weighted by atomic mass is 10.1. The minimum absolute atomic E-state index is 0.0570. The summed E-state index contributed by atoms with van der Waals surface area (Å²) in [5, 5.41) is 2.32. The van der Waals surface area contributed by atoms with Gasteiger partial charge in [0.1, 0.15) is 0 Å². The van der Waals surface area contributed by atoms with Crippen LogP contribution in [-0.2, 0) is 11.2 Å². The van der Waals surface area contributed by atoms with Crippen molar-refractivity contribution in [2.45, 2.75) is 36.7 Å². The minimum Gasteiger partial charge on any atom is -0.304 e. The Bertz CT molecular complexity index is 629. The molecule has 1 heterocycles. The van der Waals surface area contributed by atoms with Gasteiger partial charge < -0.3 is 5.32 Å². The normalized spacial score (nSPS) is 30.6. The molecule has 3 rings (SSSR count). The molecule has 112 valence electrons. The van der Waals surface area contributed by atoms with Crippen LogP contribution in [0.3, 0.4) is 0 Å². The van der Waals surface area contributed by atoms with Crippen LogP contribution in [0.2, 0.25) is 0 Å². The fourth-order valence-corrected chi connectivity index (χ4v) is 3.51. The van der Waals surface area contributed by atoms with Gasteiger partial charge in [0.2, 0.25) is 0 Å². The SMILES string of the molecule is CC1(C(F)(F)F)SC(=NC2CCc3ccccc32)NC1=O. The summed E-state index contributed by atoms with van der Waals surface area (Å²) in [4.78, 5) is 16.0. The fraction of sp³-hybridized carbons (Fsp3) is 0.429. The molecule has 1 aliphatic heterocycles. The third-order valence-corrected chi connectivity index (χ3v) is 5.10. The number of hydrogen-bond donors (Lipinski definition) is 1. The molecule has 2 atom stereocenters. The maximum atomic E-state index is 13.0. The standard InChI is InChI=1S/C14H13F3N2OS/c1-13(14(15,16)17)11(20)19-12(21-13)18-10-7-6-8-4-2-3-5-9(8)10/h2-5,10H,6-7H2,1H3,(H,18,19,20). The first kappa shape index (κ1) is 14.4. The topological polar surface area (TPSA) is 41.5 Å². The number of rotatable bonds is 1. The molecular weight excluding hydrogens is 301 g/mol. The van der Waals surface area contributed by atoms with Crippen molar-refractivity contribution in [3.05, 3.63) is 35.4 Å². The van der Waals surface area contributed by atoms with Gasteiger partial charge in [0.15, 0.2) is 9.91 Å². The molecule has 0 saturated carbocycles. The molecule has 3 nitrogen and oxygen atoms in total. The third-order valence-electron chi connectivity index (χ3n) is 3.87. The van der Waals surface area contributed by atoms with E-state index < -0.39 is 16.8 Å². The van der Waals surface area contributed by atoms with E-state index in [4.69, 9.17) is 0 Å². The summed E-state index contributed by atoms with van der Waals surface area (Å²) >= 11 is 0.454. The number of hydrogen-bond acceptors (Lipinski definition) is 3. The molecule has 2 unspecified atom stereocenters. The molecule has 0 spiro atoms. The molecule has 7 heteroatoms. The number of aryl methyl sites for hydroxylation is 1. The molecule has 1 amide bonds. The summed E-state index contributed by atoms with van der Waals surface area (Å²) < 4.78 is 36.5. The highest BCUT2D eigenvalue weighted by Gasteiger charge is 2.61. The summed E-state index contributed by atoms with van der Waals surface area (Å²) in [6.07, 6.45) is -3.00. The second-order valence-electron chi connectivity index (χ2n) is 5.27. The highest BCUT2D eigenvalue weighted by Crippen LogP contribution is 2.46. The predicted molar refractivity (Wildman–Crippen MR) is 75.1 cm³/mol. The van der Waals surface area contributed by atoms with Crippen LogP contribution in [0.4, 0.5) is 13.2 Å². The number of nitrogens with zero attached hydrogens (tertiary/aromatic N) is 1. The molecule has 1 N–H and O–H groups in total. The van der Waals surface area contributed by atoms with Crippen molar-refractivity contribution in [3.63, 3.8) is 0 Å². The number of amides is 1. The molecule has 1 aliphatic carbocycles. The lowest BCUT2D eigenvalue weighted by Gasteiger charge is -2.21. The Hall–Kier alpha value is -1.50. The summed E-state index contributed by atoms with van der Waals surface area (Å²) in [6.45, 7) is 0.887. The average Bonchev–Trinajstić information content (AvgIpc) is 2.93. The van der Waals surface area contributed by atoms with E-state index in [-0.39, 0.29) is 11.2 Å². The van der Waals surface area contributed by atoms with Gasteiger partial charge in [0, 0.05) is 0 Å². The third kappa shape index (κ3) is 2.33. The van der Waals surface area contributed by atoms with E-state index in [2.05, 4.69) is 10.3 Å². The first-order chi connectivity index (χ1) is 9.81. The van der Waals surface area contributed by atoms with Crippen LogP contribution >= 0.6 is 11.8 Å². The predicted octanol–water partition coefficient (Wildman–Crippen LogP) is 3.21. The van der Waals surface area contributed by atoms with Gasteiger partial charge in [-0.05, 0) is 30.9 Å². The molecule has 0 aromatic heterocycles. The molecule has 2 aliphatic rings. The number of alkyl halides is 3. The zero-order valence-electron chi connectivity index (χ0n) is 11.2. The number of amidine groups is 1. The molecule has 21 heavy (non-hydrogen) atoms.